The molecular weight excluding hydrogens is 392 g/mol. The van der Waals surface area contributed by atoms with Gasteiger partial charge in [0.2, 0.25) is 0 Å². The molecular formula is C22H21F2N3O3. The number of hydrogen-bond donors (Lipinski definition) is 1. The Morgan fingerprint density at radius 3 is 2.53 bits per heavy atom. The lowest BCUT2D eigenvalue weighted by Gasteiger charge is -2.37. The van der Waals surface area contributed by atoms with E-state index in [0.29, 0.717) is 35.8 Å². The summed E-state index contributed by atoms with van der Waals surface area (Å²) in [6.45, 7) is 1.01. The number of nitrogens with one attached hydrogen (secondary N) is 1. The summed E-state index contributed by atoms with van der Waals surface area (Å²) in [6.07, 6.45) is 1.91. The first-order chi connectivity index (χ1) is 14.5. The van der Waals surface area contributed by atoms with Gasteiger partial charge in [-0.3, -0.25) is 0 Å². The quantitative estimate of drug-likeness (QED) is 0.689. The van der Waals surface area contributed by atoms with Crippen molar-refractivity contribution < 1.29 is 23.0 Å². The van der Waals surface area contributed by atoms with E-state index in [1.165, 1.54) is 20.3 Å². The topological polar surface area (TPSA) is 55.7 Å². The third kappa shape index (κ3) is 3.56. The van der Waals surface area contributed by atoms with Crippen molar-refractivity contribution in [2.45, 2.75) is 12.6 Å². The second-order valence-electron chi connectivity index (χ2n) is 6.90. The SMILES string of the molecule is COc1ccc(NC(=O)N2CCn3cccc3[C@H]2c2ccc(F)c(F)c2)cc1OC. The molecule has 1 atom stereocenters. The summed E-state index contributed by atoms with van der Waals surface area (Å²) in [7, 11) is 3.05. The van der Waals surface area contributed by atoms with Gasteiger partial charge in [-0.05, 0) is 42.0 Å². The average molecular weight is 413 g/mol. The molecule has 0 fully saturated rings. The predicted octanol–water partition coefficient (Wildman–Crippen LogP) is 4.42. The van der Waals surface area contributed by atoms with Gasteiger partial charge >= 0.3 is 6.03 Å². The third-order valence-corrected chi connectivity index (χ3v) is 5.19. The summed E-state index contributed by atoms with van der Waals surface area (Å²) in [6, 6.07) is 11.6. The van der Waals surface area contributed by atoms with Crippen LogP contribution >= 0.6 is 0 Å². The van der Waals surface area contributed by atoms with Gasteiger partial charge in [-0.2, -0.15) is 0 Å². The normalized spacial score (nSPS) is 15.5. The predicted molar refractivity (Wildman–Crippen MR) is 108 cm³/mol. The molecule has 1 aliphatic heterocycles. The Labute approximate surface area is 172 Å². The fourth-order valence-electron chi connectivity index (χ4n) is 3.74. The number of halogens is 2. The largest absolute Gasteiger partial charge is 0.493 e. The molecule has 4 rings (SSSR count). The van der Waals surface area contributed by atoms with E-state index in [4.69, 9.17) is 9.47 Å². The molecule has 0 unspecified atom stereocenters. The number of carbonyl (C=O) groups is 1. The van der Waals surface area contributed by atoms with E-state index in [0.717, 1.165) is 17.8 Å². The minimum absolute atomic E-state index is 0.357. The molecule has 3 aromatic rings. The van der Waals surface area contributed by atoms with Gasteiger partial charge in [0.1, 0.15) is 0 Å². The first-order valence-electron chi connectivity index (χ1n) is 9.41. The van der Waals surface area contributed by atoms with Crippen molar-refractivity contribution >= 4 is 11.7 Å². The van der Waals surface area contributed by atoms with Crippen LogP contribution in [-0.2, 0) is 6.54 Å². The number of benzene rings is 2. The minimum atomic E-state index is -0.948. The molecule has 0 bridgehead atoms. The zero-order valence-corrected chi connectivity index (χ0v) is 16.6. The zero-order chi connectivity index (χ0) is 21.3. The van der Waals surface area contributed by atoms with E-state index in [9.17, 15) is 13.6 Å². The van der Waals surface area contributed by atoms with Gasteiger partial charge in [-0.1, -0.05) is 6.07 Å². The van der Waals surface area contributed by atoms with E-state index >= 15 is 0 Å². The molecule has 0 saturated carbocycles. The lowest BCUT2D eigenvalue weighted by atomic mass is 10.00. The number of anilines is 1. The fourth-order valence-corrected chi connectivity index (χ4v) is 3.74. The van der Waals surface area contributed by atoms with Crippen LogP contribution in [0.25, 0.3) is 0 Å². The van der Waals surface area contributed by atoms with Crippen molar-refractivity contribution in [1.82, 2.24) is 9.47 Å². The summed E-state index contributed by atoms with van der Waals surface area (Å²) < 4.78 is 39.9. The highest BCUT2D eigenvalue weighted by Gasteiger charge is 2.32. The monoisotopic (exact) mass is 413 g/mol. The first kappa shape index (κ1) is 19.8. The van der Waals surface area contributed by atoms with Gasteiger partial charge in [-0.15, -0.1) is 0 Å². The Bertz CT molecular complexity index is 1080. The molecule has 1 aliphatic rings. The Morgan fingerprint density at radius 1 is 1.00 bits per heavy atom. The molecule has 0 spiro atoms. The summed E-state index contributed by atoms with van der Waals surface area (Å²) >= 11 is 0. The number of rotatable bonds is 4. The van der Waals surface area contributed by atoms with E-state index in [2.05, 4.69) is 5.32 Å². The Kier molecular flexibility index (Phi) is 5.31. The van der Waals surface area contributed by atoms with Crippen molar-refractivity contribution in [2.75, 3.05) is 26.1 Å². The van der Waals surface area contributed by atoms with Crippen LogP contribution in [0, 0.1) is 11.6 Å². The smallest absolute Gasteiger partial charge is 0.322 e. The number of ether oxygens (including phenoxy) is 2. The number of nitrogens with zero attached hydrogens (tertiary/aromatic N) is 2. The Balaban J connectivity index is 1.66. The van der Waals surface area contributed by atoms with E-state index in [-0.39, 0.29) is 6.03 Å². The number of aromatic nitrogens is 1. The standard InChI is InChI=1S/C22H21F2N3O3/c1-29-19-8-6-15(13-20(19)30-2)25-22(28)27-11-10-26-9-3-4-18(26)21(27)14-5-7-16(23)17(24)12-14/h3-9,12-13,21H,10-11H2,1-2H3,(H,25,28)/t21-/m1/s1. The molecule has 30 heavy (non-hydrogen) atoms. The van der Waals surface area contributed by atoms with Gasteiger partial charge in [0.25, 0.3) is 0 Å². The van der Waals surface area contributed by atoms with Gasteiger partial charge in [0, 0.05) is 36.7 Å². The molecule has 8 heteroatoms. The summed E-state index contributed by atoms with van der Waals surface area (Å²) in [5, 5.41) is 2.86. The number of fused-ring (bicyclic) bond motifs is 1. The van der Waals surface area contributed by atoms with Crippen LogP contribution in [0.5, 0.6) is 11.5 Å². The molecule has 1 aromatic heterocycles. The summed E-state index contributed by atoms with van der Waals surface area (Å²) in [5.41, 5.74) is 1.85. The molecule has 0 saturated heterocycles. The molecule has 2 aromatic carbocycles. The summed E-state index contributed by atoms with van der Waals surface area (Å²) in [5.74, 6) is -0.839. The lowest BCUT2D eigenvalue weighted by Crippen LogP contribution is -2.44. The number of methoxy groups -OCH3 is 2. The number of amides is 2. The number of urea groups is 1. The second-order valence-corrected chi connectivity index (χ2v) is 6.90. The van der Waals surface area contributed by atoms with Crippen LogP contribution in [-0.4, -0.2) is 36.3 Å². The zero-order valence-electron chi connectivity index (χ0n) is 16.6. The van der Waals surface area contributed by atoms with E-state index in [1.807, 2.05) is 22.9 Å². The van der Waals surface area contributed by atoms with Crippen LogP contribution < -0.4 is 14.8 Å². The van der Waals surface area contributed by atoms with Crippen LogP contribution in [0.15, 0.2) is 54.7 Å². The number of carbonyl (C=O) groups excluding carboxylic acids is 1. The van der Waals surface area contributed by atoms with Crippen LogP contribution in [0.3, 0.4) is 0 Å². The van der Waals surface area contributed by atoms with Crippen LogP contribution in [0.4, 0.5) is 19.3 Å². The van der Waals surface area contributed by atoms with Crippen LogP contribution in [0.2, 0.25) is 0 Å². The van der Waals surface area contributed by atoms with Crippen LogP contribution in [0.1, 0.15) is 17.3 Å². The van der Waals surface area contributed by atoms with E-state index < -0.39 is 17.7 Å². The maximum Gasteiger partial charge on any atom is 0.322 e. The molecule has 2 heterocycles. The lowest BCUT2D eigenvalue weighted by molar-refractivity contribution is 0.181. The molecule has 156 valence electrons. The average Bonchev–Trinajstić information content (AvgIpc) is 3.23. The molecule has 0 aliphatic carbocycles. The Hall–Kier alpha value is -3.55. The minimum Gasteiger partial charge on any atom is -0.493 e. The molecule has 0 radical (unpaired) electrons. The van der Waals surface area contributed by atoms with Gasteiger partial charge in [0.15, 0.2) is 23.1 Å². The van der Waals surface area contributed by atoms with Crippen molar-refractivity contribution in [3.63, 3.8) is 0 Å². The van der Waals surface area contributed by atoms with Crippen molar-refractivity contribution in [3.8, 4) is 11.5 Å². The van der Waals surface area contributed by atoms with Gasteiger partial charge in [-0.25, -0.2) is 13.6 Å². The highest BCUT2D eigenvalue weighted by Crippen LogP contribution is 2.34. The second kappa shape index (κ2) is 8.06. The van der Waals surface area contributed by atoms with Gasteiger partial charge in [0.05, 0.1) is 20.3 Å². The Morgan fingerprint density at radius 2 is 1.80 bits per heavy atom. The maximum absolute atomic E-state index is 13.9. The molecule has 2 amide bonds. The first-order valence-corrected chi connectivity index (χ1v) is 9.41. The van der Waals surface area contributed by atoms with Crippen molar-refractivity contribution in [2.24, 2.45) is 0 Å². The fraction of sp³-hybridized carbons (Fsp3) is 0.227. The van der Waals surface area contributed by atoms with Crippen molar-refractivity contribution in [1.29, 1.82) is 0 Å². The summed E-state index contributed by atoms with van der Waals surface area (Å²) in [4.78, 5) is 14.8. The number of hydrogen-bond acceptors (Lipinski definition) is 3. The van der Waals surface area contributed by atoms with Crippen molar-refractivity contribution in [3.05, 3.63) is 77.6 Å². The maximum atomic E-state index is 13.9. The molecule has 6 nitrogen and oxygen atoms in total. The van der Waals surface area contributed by atoms with E-state index in [1.54, 1.807) is 23.1 Å². The third-order valence-electron chi connectivity index (χ3n) is 5.19. The van der Waals surface area contributed by atoms with Gasteiger partial charge < -0.3 is 24.3 Å². The highest BCUT2D eigenvalue weighted by molar-refractivity contribution is 5.90. The molecule has 1 N–H and O–H groups in total. The highest BCUT2D eigenvalue weighted by atomic mass is 19.2.